The summed E-state index contributed by atoms with van der Waals surface area (Å²) >= 11 is 0. The number of rotatable bonds is 40. The van der Waals surface area contributed by atoms with E-state index in [4.69, 9.17) is 23.5 Å². The molecule has 1 aliphatic rings. The first-order valence-corrected chi connectivity index (χ1v) is 24.6. The molecule has 1 aliphatic heterocycles. The fourth-order valence-electron chi connectivity index (χ4n) is 6.93. The summed E-state index contributed by atoms with van der Waals surface area (Å²) in [5.41, 5.74) is 0. The van der Waals surface area contributed by atoms with Gasteiger partial charge in [0.1, 0.15) is 30.5 Å². The molecule has 0 aliphatic carbocycles. The van der Waals surface area contributed by atoms with Crippen molar-refractivity contribution in [3.05, 3.63) is 36.5 Å². The van der Waals surface area contributed by atoms with Gasteiger partial charge in [-0.2, -0.15) is 8.42 Å². The third-order valence-electron chi connectivity index (χ3n) is 10.5. The Morgan fingerprint density at radius 2 is 1.12 bits per heavy atom. The van der Waals surface area contributed by atoms with Gasteiger partial charge in [-0.05, 0) is 70.6 Å². The number of carbonyl (C=O) groups excluding carboxylic acids is 1. The Balaban J connectivity index is 2.39. The number of hydrogen-bond donors (Lipinski definition) is 4. The highest BCUT2D eigenvalue weighted by Gasteiger charge is 2.48. The molecule has 0 aromatic carbocycles. The van der Waals surface area contributed by atoms with E-state index in [-0.39, 0.29) is 19.6 Å². The van der Waals surface area contributed by atoms with Crippen LogP contribution in [0, 0.1) is 0 Å². The molecule has 346 valence electrons. The van der Waals surface area contributed by atoms with Gasteiger partial charge in [-0.25, -0.2) is 4.18 Å². The van der Waals surface area contributed by atoms with Crippen LogP contribution >= 0.6 is 0 Å². The summed E-state index contributed by atoms with van der Waals surface area (Å²) in [6.07, 6.45) is 34.6. The highest BCUT2D eigenvalue weighted by molar-refractivity contribution is 7.80. The van der Waals surface area contributed by atoms with Gasteiger partial charge in [-0.15, -0.1) is 0 Å². The minimum Gasteiger partial charge on any atom is -0.457 e. The van der Waals surface area contributed by atoms with Gasteiger partial charge in [0.15, 0.2) is 6.29 Å². The quantitative estimate of drug-likeness (QED) is 0.0199. The van der Waals surface area contributed by atoms with Gasteiger partial charge in [0.2, 0.25) is 0 Å². The smallest absolute Gasteiger partial charge is 0.397 e. The maximum Gasteiger partial charge on any atom is 0.397 e. The van der Waals surface area contributed by atoms with E-state index in [1.54, 1.807) is 0 Å². The number of unbranched alkanes of at least 4 members (excludes halogenated alkanes) is 21. The third-order valence-corrected chi connectivity index (χ3v) is 11.0. The van der Waals surface area contributed by atoms with Gasteiger partial charge in [-0.1, -0.05) is 147 Å². The van der Waals surface area contributed by atoms with E-state index in [9.17, 15) is 28.5 Å². The average molecular weight is 861 g/mol. The lowest BCUT2D eigenvalue weighted by Gasteiger charge is -2.41. The van der Waals surface area contributed by atoms with Crippen LogP contribution in [0.25, 0.3) is 0 Å². The summed E-state index contributed by atoms with van der Waals surface area (Å²) < 4.78 is 59.0. The lowest BCUT2D eigenvalue weighted by molar-refractivity contribution is -0.301. The second kappa shape index (κ2) is 38.0. The predicted octanol–water partition coefficient (Wildman–Crippen LogP) is 9.80. The van der Waals surface area contributed by atoms with Crippen molar-refractivity contribution in [2.75, 3.05) is 26.4 Å². The highest BCUT2D eigenvalue weighted by Crippen LogP contribution is 2.26. The van der Waals surface area contributed by atoms with Crippen LogP contribution in [0.1, 0.15) is 187 Å². The van der Waals surface area contributed by atoms with Crippen molar-refractivity contribution in [2.45, 2.75) is 224 Å². The molecule has 1 fully saturated rings. The van der Waals surface area contributed by atoms with Crippen LogP contribution in [0.3, 0.4) is 0 Å². The van der Waals surface area contributed by atoms with Crippen molar-refractivity contribution in [3.63, 3.8) is 0 Å². The number of hydrogen-bond acceptors (Lipinski definition) is 11. The van der Waals surface area contributed by atoms with Crippen LogP contribution in [0.2, 0.25) is 0 Å². The SMILES string of the molecule is CCCCC/C=C\C/C=C\CCCCCCCCCCCCOCC(COC1OC(CO)C(O)C(OS(=O)(=O)O)C1O)OC(=O)CCCCCCC/C=C\CCCCC. The summed E-state index contributed by atoms with van der Waals surface area (Å²) in [7, 11) is -5.06. The number of esters is 1. The fourth-order valence-corrected chi connectivity index (χ4v) is 7.44. The van der Waals surface area contributed by atoms with Crippen LogP contribution in [0.4, 0.5) is 0 Å². The number of allylic oxidation sites excluding steroid dienone is 6. The maximum atomic E-state index is 12.8. The van der Waals surface area contributed by atoms with Crippen molar-refractivity contribution in [2.24, 2.45) is 0 Å². The Hall–Kier alpha value is -1.68. The molecule has 1 heterocycles. The molecule has 1 rings (SSSR count). The summed E-state index contributed by atoms with van der Waals surface area (Å²) in [6.45, 7) is 3.92. The van der Waals surface area contributed by atoms with E-state index >= 15 is 0 Å². The molecule has 0 aromatic rings. The molecule has 0 aromatic heterocycles. The van der Waals surface area contributed by atoms with Gasteiger partial charge in [-0.3, -0.25) is 9.35 Å². The van der Waals surface area contributed by atoms with Crippen LogP contribution in [-0.4, -0.2) is 97.5 Å². The normalized spacial score (nSPS) is 20.7. The maximum absolute atomic E-state index is 12.8. The van der Waals surface area contributed by atoms with Gasteiger partial charge in [0, 0.05) is 13.0 Å². The molecule has 0 amide bonds. The molecular formula is C46H84O12S. The van der Waals surface area contributed by atoms with Gasteiger partial charge in [0.05, 0.1) is 19.8 Å². The molecule has 1 saturated heterocycles. The molecule has 6 unspecified atom stereocenters. The lowest BCUT2D eigenvalue weighted by Crippen LogP contribution is -2.60. The van der Waals surface area contributed by atoms with Crippen LogP contribution < -0.4 is 0 Å². The van der Waals surface area contributed by atoms with Crippen molar-refractivity contribution in [3.8, 4) is 0 Å². The van der Waals surface area contributed by atoms with Crippen LogP contribution in [0.5, 0.6) is 0 Å². The Labute approximate surface area is 358 Å². The minimum absolute atomic E-state index is 0.0312. The second-order valence-electron chi connectivity index (χ2n) is 16.0. The third kappa shape index (κ3) is 31.8. The summed E-state index contributed by atoms with van der Waals surface area (Å²) in [5.74, 6) is -0.410. The van der Waals surface area contributed by atoms with Crippen LogP contribution in [-0.2, 0) is 38.3 Å². The molecule has 6 atom stereocenters. The molecule has 59 heavy (non-hydrogen) atoms. The largest absolute Gasteiger partial charge is 0.457 e. The Morgan fingerprint density at radius 3 is 1.63 bits per heavy atom. The van der Waals surface area contributed by atoms with Crippen molar-refractivity contribution in [1.82, 2.24) is 0 Å². The molecule has 0 saturated carbocycles. The fraction of sp³-hybridized carbons (Fsp3) is 0.848. The highest BCUT2D eigenvalue weighted by atomic mass is 32.3. The molecule has 4 N–H and O–H groups in total. The first kappa shape index (κ1) is 55.3. The first-order valence-electron chi connectivity index (χ1n) is 23.2. The van der Waals surface area contributed by atoms with E-state index < -0.39 is 59.8 Å². The molecule has 0 radical (unpaired) electrons. The number of aliphatic hydroxyl groups excluding tert-OH is 3. The van der Waals surface area contributed by atoms with E-state index in [0.717, 1.165) is 64.2 Å². The van der Waals surface area contributed by atoms with Crippen molar-refractivity contribution < 1.29 is 56.2 Å². The Bertz CT molecular complexity index is 1180. The zero-order chi connectivity index (χ0) is 43.2. The molecule has 0 spiro atoms. The number of carbonyl (C=O) groups is 1. The average Bonchev–Trinajstić information content (AvgIpc) is 3.20. The van der Waals surface area contributed by atoms with Crippen molar-refractivity contribution in [1.29, 1.82) is 0 Å². The topological polar surface area (TPSA) is 178 Å². The van der Waals surface area contributed by atoms with Gasteiger partial charge in [0.25, 0.3) is 0 Å². The van der Waals surface area contributed by atoms with E-state index in [0.29, 0.717) is 13.0 Å². The summed E-state index contributed by atoms with van der Waals surface area (Å²) in [6, 6.07) is 0. The zero-order valence-electron chi connectivity index (χ0n) is 36.8. The first-order chi connectivity index (χ1) is 28.6. The molecule has 12 nitrogen and oxygen atoms in total. The van der Waals surface area contributed by atoms with E-state index in [2.05, 4.69) is 54.5 Å². The lowest BCUT2D eigenvalue weighted by atomic mass is 9.99. The zero-order valence-corrected chi connectivity index (χ0v) is 37.6. The van der Waals surface area contributed by atoms with Crippen LogP contribution in [0.15, 0.2) is 36.5 Å². The number of ether oxygens (including phenoxy) is 4. The molecule has 13 heteroatoms. The summed E-state index contributed by atoms with van der Waals surface area (Å²) in [5, 5.41) is 30.6. The second-order valence-corrected chi connectivity index (χ2v) is 17.0. The predicted molar refractivity (Wildman–Crippen MR) is 234 cm³/mol. The Morgan fingerprint density at radius 1 is 0.644 bits per heavy atom. The van der Waals surface area contributed by atoms with E-state index in [1.165, 1.54) is 96.3 Å². The Kier molecular flexibility index (Phi) is 35.7. The summed E-state index contributed by atoms with van der Waals surface area (Å²) in [4.78, 5) is 12.8. The standard InChI is InChI=1S/C46H84O12S/c1-3-5-7-9-11-13-15-17-18-19-20-21-22-23-24-26-28-30-32-34-36-54-38-40(56-42(48)35-33-31-29-27-25-16-14-12-10-8-6-4-2)39-55-46-44(50)45(58-59(51,52)53)43(49)41(37-47)57-46/h11-14,17-18,40-41,43-47,49-50H,3-10,15-16,19-39H2,1-2H3,(H,51,52,53)/b13-11-,14-12-,18-17-. The minimum atomic E-state index is -5.06. The van der Waals surface area contributed by atoms with Gasteiger partial charge < -0.3 is 34.3 Å². The van der Waals surface area contributed by atoms with Crippen molar-refractivity contribution >= 4 is 16.4 Å². The molecular weight excluding hydrogens is 777 g/mol. The monoisotopic (exact) mass is 861 g/mol. The van der Waals surface area contributed by atoms with E-state index in [1.807, 2.05) is 0 Å². The molecule has 0 bridgehead atoms. The number of aliphatic hydroxyl groups is 3. The van der Waals surface area contributed by atoms with Gasteiger partial charge >= 0.3 is 16.4 Å².